The molecule has 1 saturated carbocycles. The first-order valence-corrected chi connectivity index (χ1v) is 8.41. The minimum atomic E-state index is -0.0864. The van der Waals surface area contributed by atoms with Crippen LogP contribution in [0.15, 0.2) is 24.3 Å². The van der Waals surface area contributed by atoms with Crippen molar-refractivity contribution in [2.75, 3.05) is 18.9 Å². The number of hydrogen-bond acceptors (Lipinski definition) is 3. The Morgan fingerprint density at radius 2 is 2.00 bits per heavy atom. The van der Waals surface area contributed by atoms with E-state index < -0.39 is 0 Å². The number of carbonyl (C=O) groups excluding carboxylic acids is 2. The number of benzene rings is 1. The van der Waals surface area contributed by atoms with Crippen LogP contribution in [0, 0.1) is 5.92 Å². The summed E-state index contributed by atoms with van der Waals surface area (Å²) in [4.78, 5) is 26.4. The monoisotopic (exact) mass is 317 g/mol. The third-order valence-electron chi connectivity index (χ3n) is 4.68. The van der Waals surface area contributed by atoms with Crippen molar-refractivity contribution in [2.45, 2.75) is 45.1 Å². The molecule has 0 bridgehead atoms. The lowest BCUT2D eigenvalue weighted by atomic mass is 9.88. The largest absolute Gasteiger partial charge is 0.338 e. The fraction of sp³-hybridized carbons (Fsp3) is 0.556. The van der Waals surface area contributed by atoms with E-state index >= 15 is 0 Å². The average Bonchev–Trinajstić information content (AvgIpc) is 2.60. The summed E-state index contributed by atoms with van der Waals surface area (Å²) in [6, 6.07) is 7.10. The average molecular weight is 317 g/mol. The molecule has 126 valence electrons. The molecule has 1 atom stereocenters. The number of hydrogen-bond donors (Lipinski definition) is 2. The molecular weight excluding hydrogens is 290 g/mol. The third kappa shape index (κ3) is 4.55. The van der Waals surface area contributed by atoms with Crippen molar-refractivity contribution in [3.05, 3.63) is 29.8 Å². The summed E-state index contributed by atoms with van der Waals surface area (Å²) in [6.45, 7) is 2.33. The van der Waals surface area contributed by atoms with Gasteiger partial charge in [-0.1, -0.05) is 25.3 Å². The second-order valence-corrected chi connectivity index (χ2v) is 6.41. The number of likely N-dealkylation sites (N-methyl/N-ethyl adjacent to an activating group) is 1. The van der Waals surface area contributed by atoms with E-state index in [2.05, 4.69) is 5.32 Å². The summed E-state index contributed by atoms with van der Waals surface area (Å²) >= 11 is 0. The van der Waals surface area contributed by atoms with Crippen molar-refractivity contribution in [3.8, 4) is 0 Å². The lowest BCUT2D eigenvalue weighted by molar-refractivity contribution is -0.120. The number of anilines is 1. The standard InChI is InChI=1S/C18H27N3O2/c1-13(12-19)21(2)18(23)15-9-6-10-16(11-15)20-17(22)14-7-4-3-5-8-14/h6,9-11,13-14H,3-5,7-8,12,19H2,1-2H3,(H,20,22). The zero-order chi connectivity index (χ0) is 16.8. The molecule has 1 aliphatic rings. The second kappa shape index (κ2) is 8.11. The Balaban J connectivity index is 2.04. The van der Waals surface area contributed by atoms with Gasteiger partial charge in [0, 0.05) is 36.8 Å². The topological polar surface area (TPSA) is 75.4 Å². The van der Waals surface area contributed by atoms with Crippen LogP contribution in [0.1, 0.15) is 49.4 Å². The Labute approximate surface area is 138 Å². The van der Waals surface area contributed by atoms with Gasteiger partial charge in [-0.15, -0.1) is 0 Å². The normalized spacial score (nSPS) is 16.7. The van der Waals surface area contributed by atoms with Crippen LogP contribution < -0.4 is 11.1 Å². The van der Waals surface area contributed by atoms with Crippen LogP contribution >= 0.6 is 0 Å². The Bertz CT molecular complexity index is 553. The maximum Gasteiger partial charge on any atom is 0.253 e. The molecule has 1 aliphatic carbocycles. The molecule has 0 aliphatic heterocycles. The molecule has 23 heavy (non-hydrogen) atoms. The minimum Gasteiger partial charge on any atom is -0.338 e. The highest BCUT2D eigenvalue weighted by Crippen LogP contribution is 2.25. The molecule has 1 aromatic carbocycles. The number of amides is 2. The van der Waals surface area contributed by atoms with Crippen LogP contribution in [0.25, 0.3) is 0 Å². The van der Waals surface area contributed by atoms with Gasteiger partial charge in [0.05, 0.1) is 0 Å². The van der Waals surface area contributed by atoms with Gasteiger partial charge in [0.1, 0.15) is 0 Å². The van der Waals surface area contributed by atoms with Gasteiger partial charge in [-0.2, -0.15) is 0 Å². The highest BCUT2D eigenvalue weighted by atomic mass is 16.2. The number of nitrogens with one attached hydrogen (secondary N) is 1. The quantitative estimate of drug-likeness (QED) is 0.876. The molecule has 5 heteroatoms. The fourth-order valence-electron chi connectivity index (χ4n) is 2.90. The van der Waals surface area contributed by atoms with E-state index in [1.807, 2.05) is 13.0 Å². The predicted molar refractivity (Wildman–Crippen MR) is 92.3 cm³/mol. The van der Waals surface area contributed by atoms with E-state index in [-0.39, 0.29) is 23.8 Å². The minimum absolute atomic E-state index is 0.0250. The van der Waals surface area contributed by atoms with E-state index in [4.69, 9.17) is 5.73 Å². The zero-order valence-corrected chi connectivity index (χ0v) is 14.0. The first-order valence-electron chi connectivity index (χ1n) is 8.41. The Hall–Kier alpha value is -1.88. The van der Waals surface area contributed by atoms with Gasteiger partial charge in [-0.05, 0) is 38.0 Å². The smallest absolute Gasteiger partial charge is 0.253 e. The molecule has 1 aromatic rings. The van der Waals surface area contributed by atoms with Gasteiger partial charge < -0.3 is 16.0 Å². The SMILES string of the molecule is CC(CN)N(C)C(=O)c1cccc(NC(=O)C2CCCCC2)c1. The molecule has 0 saturated heterocycles. The first-order chi connectivity index (χ1) is 11.0. The number of nitrogens with zero attached hydrogens (tertiary/aromatic N) is 1. The lowest BCUT2D eigenvalue weighted by Gasteiger charge is -2.24. The van der Waals surface area contributed by atoms with Crippen molar-refractivity contribution in [2.24, 2.45) is 11.7 Å². The molecule has 2 amide bonds. The van der Waals surface area contributed by atoms with Gasteiger partial charge in [0.25, 0.3) is 5.91 Å². The summed E-state index contributed by atoms with van der Waals surface area (Å²) < 4.78 is 0. The summed E-state index contributed by atoms with van der Waals surface area (Å²) in [6.07, 6.45) is 5.39. The molecule has 2 rings (SSSR count). The van der Waals surface area contributed by atoms with Crippen molar-refractivity contribution >= 4 is 17.5 Å². The molecule has 0 aromatic heterocycles. The van der Waals surface area contributed by atoms with Gasteiger partial charge in [0.15, 0.2) is 0 Å². The predicted octanol–water partition coefficient (Wildman–Crippen LogP) is 2.62. The Kier molecular flexibility index (Phi) is 6.16. The first kappa shape index (κ1) is 17.5. The summed E-state index contributed by atoms with van der Waals surface area (Å²) in [5, 5.41) is 2.95. The van der Waals surface area contributed by atoms with Gasteiger partial charge >= 0.3 is 0 Å². The van der Waals surface area contributed by atoms with Crippen molar-refractivity contribution in [1.29, 1.82) is 0 Å². The van der Waals surface area contributed by atoms with Gasteiger partial charge in [-0.25, -0.2) is 0 Å². The summed E-state index contributed by atoms with van der Waals surface area (Å²) in [5.41, 5.74) is 6.86. The molecule has 5 nitrogen and oxygen atoms in total. The zero-order valence-electron chi connectivity index (χ0n) is 14.0. The molecule has 0 spiro atoms. The third-order valence-corrected chi connectivity index (χ3v) is 4.68. The fourth-order valence-corrected chi connectivity index (χ4v) is 2.90. The van der Waals surface area contributed by atoms with Crippen LogP contribution in [-0.2, 0) is 4.79 Å². The highest BCUT2D eigenvalue weighted by Gasteiger charge is 2.22. The van der Waals surface area contributed by atoms with Crippen LogP contribution in [0.4, 0.5) is 5.69 Å². The van der Waals surface area contributed by atoms with Crippen molar-refractivity contribution < 1.29 is 9.59 Å². The highest BCUT2D eigenvalue weighted by molar-refractivity contribution is 5.97. The van der Waals surface area contributed by atoms with Gasteiger partial charge in [-0.3, -0.25) is 9.59 Å². The van der Waals surface area contributed by atoms with Crippen LogP contribution in [-0.4, -0.2) is 36.3 Å². The number of nitrogens with two attached hydrogens (primary N) is 1. The van der Waals surface area contributed by atoms with Crippen molar-refractivity contribution in [1.82, 2.24) is 4.90 Å². The molecule has 1 fully saturated rings. The maximum absolute atomic E-state index is 12.4. The van der Waals surface area contributed by atoms with E-state index in [9.17, 15) is 9.59 Å². The lowest BCUT2D eigenvalue weighted by Crippen LogP contribution is -2.39. The summed E-state index contributed by atoms with van der Waals surface area (Å²) in [5.74, 6) is 0.0812. The maximum atomic E-state index is 12.4. The Morgan fingerprint density at radius 1 is 1.30 bits per heavy atom. The summed E-state index contributed by atoms with van der Waals surface area (Å²) in [7, 11) is 1.74. The van der Waals surface area contributed by atoms with Crippen molar-refractivity contribution in [3.63, 3.8) is 0 Å². The molecular formula is C18H27N3O2. The van der Waals surface area contributed by atoms with E-state index in [1.54, 1.807) is 30.1 Å². The van der Waals surface area contributed by atoms with E-state index in [0.717, 1.165) is 25.7 Å². The van der Waals surface area contributed by atoms with Gasteiger partial charge in [0.2, 0.25) is 5.91 Å². The van der Waals surface area contributed by atoms with Crippen LogP contribution in [0.3, 0.4) is 0 Å². The molecule has 3 N–H and O–H groups in total. The van der Waals surface area contributed by atoms with Crippen LogP contribution in [0.2, 0.25) is 0 Å². The van der Waals surface area contributed by atoms with E-state index in [0.29, 0.717) is 17.8 Å². The molecule has 0 radical (unpaired) electrons. The molecule has 1 unspecified atom stereocenters. The van der Waals surface area contributed by atoms with E-state index in [1.165, 1.54) is 6.42 Å². The van der Waals surface area contributed by atoms with Crippen LogP contribution in [0.5, 0.6) is 0 Å². The molecule has 0 heterocycles. The second-order valence-electron chi connectivity index (χ2n) is 6.41. The number of carbonyl (C=O) groups is 2. The number of rotatable bonds is 5. The Morgan fingerprint density at radius 3 is 2.65 bits per heavy atom.